The van der Waals surface area contributed by atoms with Gasteiger partial charge in [0.25, 0.3) is 0 Å². The van der Waals surface area contributed by atoms with Crippen LogP contribution in [0.3, 0.4) is 0 Å². The molecule has 0 saturated heterocycles. The number of hydrogen-bond acceptors (Lipinski definition) is 3. The van der Waals surface area contributed by atoms with Gasteiger partial charge in [0.2, 0.25) is 0 Å². The molecule has 0 unspecified atom stereocenters. The maximum absolute atomic E-state index is 11.7. The van der Waals surface area contributed by atoms with Crippen molar-refractivity contribution in [2.45, 2.75) is 33.1 Å². The lowest BCUT2D eigenvalue weighted by atomic mass is 9.91. The maximum atomic E-state index is 11.7. The molecule has 0 aromatic carbocycles. The van der Waals surface area contributed by atoms with Crippen molar-refractivity contribution in [3.05, 3.63) is 17.0 Å². The van der Waals surface area contributed by atoms with Crippen molar-refractivity contribution in [1.29, 1.82) is 0 Å². The molecule has 2 rings (SSSR count). The molecule has 1 aliphatic rings. The van der Waals surface area contributed by atoms with Gasteiger partial charge in [0.15, 0.2) is 11.5 Å². The molecule has 0 N–H and O–H groups in total. The van der Waals surface area contributed by atoms with Crippen molar-refractivity contribution in [2.75, 3.05) is 0 Å². The van der Waals surface area contributed by atoms with Gasteiger partial charge in [0.1, 0.15) is 5.41 Å². The SMILES string of the molecule is CC(=O)c1c(C)c2c(n1C)C(C)(C)C(=O)O2. The molecule has 0 fully saturated rings. The molecule has 4 nitrogen and oxygen atoms in total. The number of ether oxygens (including phenoxy) is 1. The molecule has 0 saturated carbocycles. The number of carbonyl (C=O) groups is 2. The average Bonchev–Trinajstić information content (AvgIpc) is 2.50. The molecule has 86 valence electrons. The number of carbonyl (C=O) groups excluding carboxylic acids is 2. The van der Waals surface area contributed by atoms with Crippen molar-refractivity contribution < 1.29 is 14.3 Å². The van der Waals surface area contributed by atoms with Crippen molar-refractivity contribution in [1.82, 2.24) is 4.57 Å². The number of nitrogens with zero attached hydrogens (tertiary/aromatic N) is 1. The number of esters is 1. The zero-order valence-electron chi connectivity index (χ0n) is 10.2. The Kier molecular flexibility index (Phi) is 2.02. The van der Waals surface area contributed by atoms with E-state index in [4.69, 9.17) is 4.74 Å². The molecule has 1 aromatic heterocycles. The van der Waals surface area contributed by atoms with Crippen LogP contribution in [0.5, 0.6) is 5.75 Å². The zero-order valence-corrected chi connectivity index (χ0v) is 10.2. The fourth-order valence-corrected chi connectivity index (χ4v) is 2.45. The minimum absolute atomic E-state index is 0.0127. The van der Waals surface area contributed by atoms with E-state index in [1.54, 1.807) is 11.6 Å². The van der Waals surface area contributed by atoms with E-state index in [0.717, 1.165) is 11.3 Å². The van der Waals surface area contributed by atoms with E-state index in [1.165, 1.54) is 6.92 Å². The Bertz CT molecular complexity index is 509. The predicted molar refractivity (Wildman–Crippen MR) is 58.8 cm³/mol. The highest BCUT2D eigenvalue weighted by atomic mass is 16.5. The third-order valence-corrected chi connectivity index (χ3v) is 3.21. The van der Waals surface area contributed by atoms with E-state index < -0.39 is 5.41 Å². The highest BCUT2D eigenvalue weighted by Gasteiger charge is 2.46. The summed E-state index contributed by atoms with van der Waals surface area (Å²) >= 11 is 0. The lowest BCUT2D eigenvalue weighted by molar-refractivity contribution is -0.137. The molecule has 16 heavy (non-hydrogen) atoms. The fraction of sp³-hybridized carbons (Fsp3) is 0.500. The number of hydrogen-bond donors (Lipinski definition) is 0. The van der Waals surface area contributed by atoms with E-state index in [2.05, 4.69) is 0 Å². The molecule has 0 radical (unpaired) electrons. The summed E-state index contributed by atoms with van der Waals surface area (Å²) in [5.74, 6) is 0.287. The molecule has 0 amide bonds. The average molecular weight is 221 g/mol. The van der Waals surface area contributed by atoms with E-state index >= 15 is 0 Å². The molecule has 0 bridgehead atoms. The smallest absolute Gasteiger partial charge is 0.323 e. The van der Waals surface area contributed by atoms with Gasteiger partial charge in [-0.15, -0.1) is 0 Å². The summed E-state index contributed by atoms with van der Waals surface area (Å²) in [6, 6.07) is 0. The van der Waals surface area contributed by atoms with Crippen molar-refractivity contribution in [3.63, 3.8) is 0 Å². The van der Waals surface area contributed by atoms with Gasteiger partial charge in [-0.3, -0.25) is 9.59 Å². The van der Waals surface area contributed by atoms with Crippen molar-refractivity contribution >= 4 is 11.8 Å². The number of Topliss-reactive ketones (excluding diaryl/α,β-unsaturated/α-hetero) is 1. The molecule has 0 aliphatic carbocycles. The maximum Gasteiger partial charge on any atom is 0.323 e. The minimum atomic E-state index is -0.678. The van der Waals surface area contributed by atoms with Crippen LogP contribution < -0.4 is 4.74 Å². The standard InChI is InChI=1S/C12H15NO3/c1-6-8(7(2)14)13(5)10-9(6)16-11(15)12(10,3)4/h1-5H3. The first kappa shape index (κ1) is 10.9. The lowest BCUT2D eigenvalue weighted by Gasteiger charge is -2.16. The second-order valence-electron chi connectivity index (χ2n) is 4.78. The predicted octanol–water partition coefficient (Wildman–Crippen LogP) is 1.73. The molecular formula is C12H15NO3. The van der Waals surface area contributed by atoms with Crippen molar-refractivity contribution in [2.24, 2.45) is 7.05 Å². The Hall–Kier alpha value is -1.58. The first-order valence-electron chi connectivity index (χ1n) is 5.21. The topological polar surface area (TPSA) is 48.3 Å². The van der Waals surface area contributed by atoms with Gasteiger partial charge in [0, 0.05) is 19.5 Å². The number of rotatable bonds is 1. The first-order chi connectivity index (χ1) is 7.28. The number of aromatic nitrogens is 1. The Labute approximate surface area is 94.2 Å². The van der Waals surface area contributed by atoms with Crippen LogP contribution in [-0.2, 0) is 17.3 Å². The van der Waals surface area contributed by atoms with Crippen molar-refractivity contribution in [3.8, 4) is 5.75 Å². The highest BCUT2D eigenvalue weighted by Crippen LogP contribution is 2.44. The summed E-state index contributed by atoms with van der Waals surface area (Å²) in [7, 11) is 1.80. The second-order valence-corrected chi connectivity index (χ2v) is 4.78. The molecule has 0 spiro atoms. The number of ketones is 1. The van der Waals surface area contributed by atoms with E-state index in [-0.39, 0.29) is 11.8 Å². The summed E-state index contributed by atoms with van der Waals surface area (Å²) < 4.78 is 7.03. The quantitative estimate of drug-likeness (QED) is 0.536. The van der Waals surface area contributed by atoms with Crippen LogP contribution in [0.1, 0.15) is 42.5 Å². The summed E-state index contributed by atoms with van der Waals surface area (Å²) in [4.78, 5) is 23.2. The minimum Gasteiger partial charge on any atom is -0.424 e. The third-order valence-electron chi connectivity index (χ3n) is 3.21. The fourth-order valence-electron chi connectivity index (χ4n) is 2.45. The van der Waals surface area contributed by atoms with Gasteiger partial charge in [-0.25, -0.2) is 0 Å². The van der Waals surface area contributed by atoms with Gasteiger partial charge in [-0.05, 0) is 20.8 Å². The molecular weight excluding hydrogens is 206 g/mol. The van der Waals surface area contributed by atoms with Crippen LogP contribution in [0.15, 0.2) is 0 Å². The van der Waals surface area contributed by atoms with Crippen LogP contribution in [0.4, 0.5) is 0 Å². The third kappa shape index (κ3) is 1.10. The van der Waals surface area contributed by atoms with Crippen LogP contribution in [0.25, 0.3) is 0 Å². The Morgan fingerprint density at radius 1 is 1.38 bits per heavy atom. The van der Waals surface area contributed by atoms with Gasteiger partial charge >= 0.3 is 5.97 Å². The van der Waals surface area contributed by atoms with Crippen LogP contribution in [0, 0.1) is 6.92 Å². The zero-order chi connectivity index (χ0) is 12.2. The van der Waals surface area contributed by atoms with Crippen LogP contribution in [0.2, 0.25) is 0 Å². The summed E-state index contributed by atoms with van der Waals surface area (Å²) in [6.07, 6.45) is 0. The largest absolute Gasteiger partial charge is 0.424 e. The van der Waals surface area contributed by atoms with E-state index in [0.29, 0.717) is 11.4 Å². The Morgan fingerprint density at radius 2 is 1.94 bits per heavy atom. The highest BCUT2D eigenvalue weighted by molar-refractivity contribution is 5.98. The van der Waals surface area contributed by atoms with E-state index in [9.17, 15) is 9.59 Å². The summed E-state index contributed by atoms with van der Waals surface area (Å²) in [5, 5.41) is 0. The summed E-state index contributed by atoms with van der Waals surface area (Å²) in [5.41, 5.74) is 1.48. The van der Waals surface area contributed by atoms with Gasteiger partial charge in [-0.1, -0.05) is 0 Å². The van der Waals surface area contributed by atoms with Crippen LogP contribution in [-0.4, -0.2) is 16.3 Å². The Morgan fingerprint density at radius 3 is 2.38 bits per heavy atom. The first-order valence-corrected chi connectivity index (χ1v) is 5.21. The molecule has 2 heterocycles. The number of fused-ring (bicyclic) bond motifs is 1. The van der Waals surface area contributed by atoms with Gasteiger partial charge < -0.3 is 9.30 Å². The lowest BCUT2D eigenvalue weighted by Crippen LogP contribution is -2.29. The molecule has 1 aromatic rings. The molecule has 1 aliphatic heterocycles. The van der Waals surface area contributed by atoms with E-state index in [1.807, 2.05) is 20.8 Å². The molecule has 4 heteroatoms. The Balaban J connectivity index is 2.77. The van der Waals surface area contributed by atoms with Crippen LogP contribution >= 0.6 is 0 Å². The normalized spacial score (nSPS) is 17.2. The second kappa shape index (κ2) is 2.97. The summed E-state index contributed by atoms with van der Waals surface area (Å²) in [6.45, 7) is 6.95. The van der Waals surface area contributed by atoms with Gasteiger partial charge in [0.05, 0.1) is 11.4 Å². The van der Waals surface area contributed by atoms with Gasteiger partial charge in [-0.2, -0.15) is 0 Å². The monoisotopic (exact) mass is 221 g/mol. The molecule has 0 atom stereocenters.